The Hall–Kier alpha value is -2.68. The monoisotopic (exact) mass is 277 g/mol. The molecule has 0 radical (unpaired) electrons. The van der Waals surface area contributed by atoms with E-state index in [1.54, 1.807) is 6.08 Å². The van der Waals surface area contributed by atoms with E-state index in [-0.39, 0.29) is 0 Å². The second-order valence-electron chi connectivity index (χ2n) is 5.12. The molecule has 0 bridgehead atoms. The van der Waals surface area contributed by atoms with Gasteiger partial charge in [0, 0.05) is 5.56 Å². The summed E-state index contributed by atoms with van der Waals surface area (Å²) in [7, 11) is 0. The van der Waals surface area contributed by atoms with Crippen molar-refractivity contribution in [2.45, 2.75) is 13.8 Å². The largest absolute Gasteiger partial charge is 0.402 e. The first-order valence-electron chi connectivity index (χ1n) is 6.78. The van der Waals surface area contributed by atoms with Crippen molar-refractivity contribution in [2.24, 2.45) is 4.99 Å². The fourth-order valence-corrected chi connectivity index (χ4v) is 2.15. The number of aliphatic imine (C=N–C) groups is 1. The molecule has 3 rings (SSSR count). The Morgan fingerprint density at radius 3 is 2.48 bits per heavy atom. The molecule has 21 heavy (non-hydrogen) atoms. The molecule has 1 heterocycles. The van der Waals surface area contributed by atoms with Gasteiger partial charge in [0.25, 0.3) is 0 Å². The van der Waals surface area contributed by atoms with Gasteiger partial charge in [-0.05, 0) is 37.6 Å². The number of aryl methyl sites for hydroxylation is 2. The van der Waals surface area contributed by atoms with Crippen LogP contribution in [-0.2, 0) is 9.53 Å². The normalized spacial score (nSPS) is 16.0. The molecule has 0 spiro atoms. The van der Waals surface area contributed by atoms with Gasteiger partial charge in [0.15, 0.2) is 5.70 Å². The second-order valence-corrected chi connectivity index (χ2v) is 5.12. The molecule has 1 aliphatic rings. The minimum atomic E-state index is -0.410. The van der Waals surface area contributed by atoms with E-state index in [0.717, 1.165) is 22.3 Å². The first-order valence-corrected chi connectivity index (χ1v) is 6.78. The van der Waals surface area contributed by atoms with Crippen LogP contribution in [-0.4, -0.2) is 11.9 Å². The molecule has 0 saturated heterocycles. The number of nitrogens with zero attached hydrogens (tertiary/aromatic N) is 1. The Kier molecular flexibility index (Phi) is 3.40. The number of carbonyl (C=O) groups is 1. The van der Waals surface area contributed by atoms with Gasteiger partial charge in [-0.15, -0.1) is 0 Å². The van der Waals surface area contributed by atoms with Gasteiger partial charge in [-0.25, -0.2) is 9.79 Å². The van der Waals surface area contributed by atoms with E-state index in [4.69, 9.17) is 4.74 Å². The number of esters is 1. The predicted octanol–water partition coefficient (Wildman–Crippen LogP) is 3.65. The topological polar surface area (TPSA) is 38.7 Å². The molecule has 0 amide bonds. The molecule has 0 aromatic heterocycles. The van der Waals surface area contributed by atoms with Gasteiger partial charge in [-0.1, -0.05) is 47.5 Å². The lowest BCUT2D eigenvalue weighted by atomic mass is 10.1. The molecular weight excluding hydrogens is 262 g/mol. The summed E-state index contributed by atoms with van der Waals surface area (Å²) in [6, 6.07) is 15.6. The molecule has 104 valence electrons. The summed E-state index contributed by atoms with van der Waals surface area (Å²) in [5.74, 6) is -0.0500. The Labute approximate surface area is 123 Å². The fourth-order valence-electron chi connectivity index (χ4n) is 2.15. The summed E-state index contributed by atoms with van der Waals surface area (Å²) in [5, 5.41) is 0. The highest BCUT2D eigenvalue weighted by atomic mass is 16.6. The third-order valence-corrected chi connectivity index (χ3v) is 3.26. The molecule has 3 nitrogen and oxygen atoms in total. The first-order chi connectivity index (χ1) is 10.1. The summed E-state index contributed by atoms with van der Waals surface area (Å²) < 4.78 is 5.25. The van der Waals surface area contributed by atoms with Crippen molar-refractivity contribution in [3.8, 4) is 0 Å². The van der Waals surface area contributed by atoms with Crippen LogP contribution in [0.5, 0.6) is 0 Å². The SMILES string of the molecule is Cc1ccc(C2=NC(=Cc3cccc(C)c3)C(=O)O2)cc1. The van der Waals surface area contributed by atoms with Gasteiger partial charge >= 0.3 is 5.97 Å². The van der Waals surface area contributed by atoms with Crippen LogP contribution >= 0.6 is 0 Å². The van der Waals surface area contributed by atoms with E-state index in [0.29, 0.717) is 11.6 Å². The number of ether oxygens (including phenoxy) is 1. The molecule has 3 heteroatoms. The van der Waals surface area contributed by atoms with Crippen molar-refractivity contribution in [1.29, 1.82) is 0 Å². The molecule has 0 aliphatic carbocycles. The third-order valence-electron chi connectivity index (χ3n) is 3.26. The molecule has 2 aromatic rings. The average molecular weight is 277 g/mol. The van der Waals surface area contributed by atoms with Crippen LogP contribution in [0.25, 0.3) is 6.08 Å². The van der Waals surface area contributed by atoms with Crippen molar-refractivity contribution in [2.75, 3.05) is 0 Å². The van der Waals surface area contributed by atoms with E-state index < -0.39 is 5.97 Å². The van der Waals surface area contributed by atoms with E-state index in [2.05, 4.69) is 4.99 Å². The lowest BCUT2D eigenvalue weighted by Crippen LogP contribution is -2.05. The molecule has 0 atom stereocenters. The zero-order valence-electron chi connectivity index (χ0n) is 12.0. The highest BCUT2D eigenvalue weighted by molar-refractivity contribution is 6.12. The van der Waals surface area contributed by atoms with E-state index in [9.17, 15) is 4.79 Å². The lowest BCUT2D eigenvalue weighted by molar-refractivity contribution is -0.129. The standard InChI is InChI=1S/C18H15NO2/c1-12-6-8-15(9-7-12)17-19-16(18(20)21-17)11-14-5-3-4-13(2)10-14/h3-11H,1-2H3. The maximum Gasteiger partial charge on any atom is 0.363 e. The number of hydrogen-bond acceptors (Lipinski definition) is 3. The Balaban J connectivity index is 1.93. The highest BCUT2D eigenvalue weighted by Crippen LogP contribution is 2.19. The first kappa shape index (κ1) is 13.3. The zero-order valence-corrected chi connectivity index (χ0v) is 12.0. The highest BCUT2D eigenvalue weighted by Gasteiger charge is 2.23. The van der Waals surface area contributed by atoms with Gasteiger partial charge in [-0.2, -0.15) is 0 Å². The molecule has 2 aromatic carbocycles. The number of cyclic esters (lactones) is 1. The molecule has 0 saturated carbocycles. The van der Waals surface area contributed by atoms with Crippen LogP contribution in [0.3, 0.4) is 0 Å². The van der Waals surface area contributed by atoms with Crippen LogP contribution in [0.1, 0.15) is 22.3 Å². The van der Waals surface area contributed by atoms with E-state index >= 15 is 0 Å². The Morgan fingerprint density at radius 2 is 1.76 bits per heavy atom. The van der Waals surface area contributed by atoms with Crippen LogP contribution in [0, 0.1) is 13.8 Å². The number of carbonyl (C=O) groups excluding carboxylic acids is 1. The Morgan fingerprint density at radius 1 is 1.00 bits per heavy atom. The van der Waals surface area contributed by atoms with Gasteiger partial charge in [0.05, 0.1) is 0 Å². The van der Waals surface area contributed by atoms with Gasteiger partial charge in [0.1, 0.15) is 0 Å². The van der Waals surface area contributed by atoms with E-state index in [1.807, 2.05) is 62.4 Å². The van der Waals surface area contributed by atoms with Crippen molar-refractivity contribution in [3.05, 3.63) is 76.5 Å². The maximum atomic E-state index is 11.9. The quantitative estimate of drug-likeness (QED) is 0.621. The summed E-state index contributed by atoms with van der Waals surface area (Å²) in [6.45, 7) is 4.02. The minimum absolute atomic E-state index is 0.330. The maximum absolute atomic E-state index is 11.9. The zero-order chi connectivity index (χ0) is 14.8. The third kappa shape index (κ3) is 2.92. The predicted molar refractivity (Wildman–Crippen MR) is 83.0 cm³/mol. The number of hydrogen-bond donors (Lipinski definition) is 0. The van der Waals surface area contributed by atoms with E-state index in [1.165, 1.54) is 0 Å². The summed E-state index contributed by atoms with van der Waals surface area (Å²) in [5.41, 5.74) is 4.37. The van der Waals surface area contributed by atoms with Crippen LogP contribution in [0.15, 0.2) is 59.2 Å². The van der Waals surface area contributed by atoms with Crippen molar-refractivity contribution in [1.82, 2.24) is 0 Å². The summed E-state index contributed by atoms with van der Waals surface area (Å²) >= 11 is 0. The minimum Gasteiger partial charge on any atom is -0.402 e. The average Bonchev–Trinajstić information content (AvgIpc) is 2.81. The number of rotatable bonds is 2. The fraction of sp³-hybridized carbons (Fsp3) is 0.111. The number of benzene rings is 2. The van der Waals surface area contributed by atoms with Gasteiger partial charge in [-0.3, -0.25) is 0 Å². The molecule has 0 N–H and O–H groups in total. The van der Waals surface area contributed by atoms with Crippen LogP contribution in [0.2, 0.25) is 0 Å². The smallest absolute Gasteiger partial charge is 0.363 e. The lowest BCUT2D eigenvalue weighted by Gasteiger charge is -1.99. The van der Waals surface area contributed by atoms with Crippen LogP contribution < -0.4 is 0 Å². The molecular formula is C18H15NO2. The van der Waals surface area contributed by atoms with Gasteiger partial charge < -0.3 is 4.74 Å². The summed E-state index contributed by atoms with van der Waals surface area (Å²) in [6.07, 6.45) is 1.75. The van der Waals surface area contributed by atoms with Gasteiger partial charge in [0.2, 0.25) is 5.90 Å². The second kappa shape index (κ2) is 5.37. The Bertz CT molecular complexity index is 755. The molecule has 0 fully saturated rings. The van der Waals surface area contributed by atoms with Crippen LogP contribution in [0.4, 0.5) is 0 Å². The summed E-state index contributed by atoms with van der Waals surface area (Å²) in [4.78, 5) is 16.2. The molecule has 0 unspecified atom stereocenters. The molecule has 1 aliphatic heterocycles. The van der Waals surface area contributed by atoms with Crippen molar-refractivity contribution >= 4 is 17.9 Å². The van der Waals surface area contributed by atoms with Crippen molar-refractivity contribution < 1.29 is 9.53 Å². The van der Waals surface area contributed by atoms with Crippen molar-refractivity contribution in [3.63, 3.8) is 0 Å².